The van der Waals surface area contributed by atoms with Gasteiger partial charge in [0, 0.05) is 35.9 Å². The molecule has 0 unspecified atom stereocenters. The number of carbonyl (C=O) groups is 2. The predicted octanol–water partition coefficient (Wildman–Crippen LogP) is 3.98. The minimum Gasteiger partial charge on any atom is -0.383 e. The molecule has 1 aromatic carbocycles. The lowest BCUT2D eigenvalue weighted by Gasteiger charge is -2.38. The number of ketones is 1. The first-order valence-electron chi connectivity index (χ1n) is 13.5. The van der Waals surface area contributed by atoms with Crippen LogP contribution in [0.15, 0.2) is 54.9 Å². The highest BCUT2D eigenvalue weighted by Gasteiger charge is 2.44. The van der Waals surface area contributed by atoms with Crippen LogP contribution >= 0.6 is 0 Å². The minimum absolute atomic E-state index is 0.114. The summed E-state index contributed by atoms with van der Waals surface area (Å²) in [7, 11) is 2.97. The molecule has 1 aliphatic rings. The highest BCUT2D eigenvalue weighted by atomic mass is 16.6. The molecule has 0 atom stereocenters. The number of nitrogens with zero attached hydrogens (tertiary/aromatic N) is 4. The topological polar surface area (TPSA) is 143 Å². The lowest BCUT2D eigenvalue weighted by atomic mass is 9.76. The smallest absolute Gasteiger partial charge is 0.275 e. The number of carbonyl (C=O) groups excluding carboxylic acids is 2. The van der Waals surface area contributed by atoms with E-state index in [1.54, 1.807) is 19.5 Å². The number of amides is 1. The molecule has 0 saturated heterocycles. The van der Waals surface area contributed by atoms with Crippen LogP contribution in [0.3, 0.4) is 0 Å². The van der Waals surface area contributed by atoms with Crippen molar-refractivity contribution in [2.75, 3.05) is 33.2 Å². The number of hydrogen-bond acceptors (Lipinski definition) is 9. The Bertz CT molecular complexity index is 1530. The van der Waals surface area contributed by atoms with Crippen molar-refractivity contribution in [2.45, 2.75) is 44.1 Å². The Morgan fingerprint density at radius 3 is 2.44 bits per heavy atom. The lowest BCUT2D eigenvalue weighted by molar-refractivity contribution is -0.165. The van der Waals surface area contributed by atoms with Gasteiger partial charge in [-0.05, 0) is 38.7 Å². The number of ether oxygens (including phenoxy) is 2. The summed E-state index contributed by atoms with van der Waals surface area (Å²) >= 11 is 0. The zero-order chi connectivity index (χ0) is 29.0. The number of hydroxylamine groups is 1. The van der Waals surface area contributed by atoms with E-state index in [-0.39, 0.29) is 30.0 Å². The van der Waals surface area contributed by atoms with E-state index in [1.165, 1.54) is 18.5 Å². The molecule has 41 heavy (non-hydrogen) atoms. The molecule has 1 aliphatic carbocycles. The molecule has 3 aromatic heterocycles. The van der Waals surface area contributed by atoms with E-state index >= 15 is 0 Å². The van der Waals surface area contributed by atoms with Gasteiger partial charge in [-0.3, -0.25) is 19.4 Å². The largest absolute Gasteiger partial charge is 0.383 e. The summed E-state index contributed by atoms with van der Waals surface area (Å²) in [5.41, 5.74) is 12.9. The van der Waals surface area contributed by atoms with Gasteiger partial charge in [0.2, 0.25) is 0 Å². The van der Waals surface area contributed by atoms with E-state index in [1.807, 2.05) is 42.5 Å². The fourth-order valence-electron chi connectivity index (χ4n) is 5.53. The maximum absolute atomic E-state index is 12.9. The van der Waals surface area contributed by atoms with Gasteiger partial charge in [-0.25, -0.2) is 10.5 Å². The molecule has 0 spiro atoms. The molecule has 1 amide bonds. The number of pyridine rings is 1. The van der Waals surface area contributed by atoms with Gasteiger partial charge in [-0.2, -0.15) is 9.61 Å². The van der Waals surface area contributed by atoms with Crippen molar-refractivity contribution in [1.29, 1.82) is 0 Å². The van der Waals surface area contributed by atoms with Crippen LogP contribution in [0.1, 0.15) is 54.6 Å². The van der Waals surface area contributed by atoms with Crippen molar-refractivity contribution >= 4 is 23.2 Å². The van der Waals surface area contributed by atoms with E-state index in [0.29, 0.717) is 49.2 Å². The molecular weight excluding hydrogens is 524 g/mol. The summed E-state index contributed by atoms with van der Waals surface area (Å²) in [4.78, 5) is 40.3. The first-order valence-corrected chi connectivity index (χ1v) is 13.5. The number of nitrogens with one attached hydrogen (secondary N) is 1. The number of methoxy groups -OCH3 is 1. The number of Topliss-reactive ketones (excluding diaryl/α,β-unsaturated/α-hetero) is 1. The van der Waals surface area contributed by atoms with Crippen molar-refractivity contribution in [3.63, 3.8) is 0 Å². The maximum atomic E-state index is 12.9. The number of hydrogen-bond donors (Lipinski definition) is 2. The zero-order valence-corrected chi connectivity index (χ0v) is 23.4. The molecule has 1 saturated carbocycles. The molecule has 0 bridgehead atoms. The summed E-state index contributed by atoms with van der Waals surface area (Å²) < 4.78 is 12.7. The predicted molar refractivity (Wildman–Crippen MR) is 153 cm³/mol. The molecule has 11 heteroatoms. The van der Waals surface area contributed by atoms with E-state index in [4.69, 9.17) is 25.0 Å². The van der Waals surface area contributed by atoms with Gasteiger partial charge < -0.3 is 15.2 Å². The van der Waals surface area contributed by atoms with Gasteiger partial charge in [-0.15, -0.1) is 0 Å². The molecule has 3 heterocycles. The van der Waals surface area contributed by atoms with Crippen molar-refractivity contribution in [2.24, 2.45) is 0 Å². The second-order valence-corrected chi connectivity index (χ2v) is 10.2. The molecule has 0 aliphatic heterocycles. The van der Waals surface area contributed by atoms with Crippen molar-refractivity contribution in [3.05, 3.63) is 66.1 Å². The van der Waals surface area contributed by atoms with E-state index in [0.717, 1.165) is 22.4 Å². The Balaban J connectivity index is 1.49. The SMILES string of the molecule is COCCOC1(C(=O)NOC)CCC(c2nc3c(-c4ccc(-c5ccccc5)nc4)cnn3c(N)c2C(C)=O)CC1. The van der Waals surface area contributed by atoms with Gasteiger partial charge in [0.05, 0.1) is 43.5 Å². The van der Waals surface area contributed by atoms with Crippen LogP contribution < -0.4 is 11.2 Å². The van der Waals surface area contributed by atoms with Crippen LogP contribution in [0, 0.1) is 0 Å². The summed E-state index contributed by atoms with van der Waals surface area (Å²) in [5.74, 6) is -0.406. The van der Waals surface area contributed by atoms with Gasteiger partial charge in [0.15, 0.2) is 11.4 Å². The van der Waals surface area contributed by atoms with Crippen LogP contribution in [0.5, 0.6) is 0 Å². The van der Waals surface area contributed by atoms with Crippen molar-refractivity contribution in [3.8, 4) is 22.4 Å². The molecule has 4 aromatic rings. The van der Waals surface area contributed by atoms with Gasteiger partial charge in [0.1, 0.15) is 11.4 Å². The van der Waals surface area contributed by atoms with Crippen LogP contribution in [0.25, 0.3) is 28.0 Å². The minimum atomic E-state index is -1.06. The lowest BCUT2D eigenvalue weighted by Crippen LogP contribution is -2.51. The Labute approximate surface area is 238 Å². The van der Waals surface area contributed by atoms with Gasteiger partial charge in [-0.1, -0.05) is 36.4 Å². The molecule has 11 nitrogen and oxygen atoms in total. The molecule has 5 rings (SSSR count). The van der Waals surface area contributed by atoms with Crippen LogP contribution in [0.2, 0.25) is 0 Å². The molecule has 1 fully saturated rings. The van der Waals surface area contributed by atoms with E-state index < -0.39 is 5.60 Å². The average molecular weight is 559 g/mol. The third-order valence-electron chi connectivity index (χ3n) is 7.66. The third-order valence-corrected chi connectivity index (χ3v) is 7.66. The second-order valence-electron chi connectivity index (χ2n) is 10.2. The zero-order valence-electron chi connectivity index (χ0n) is 23.4. The monoisotopic (exact) mass is 558 g/mol. The molecule has 214 valence electrons. The normalized spacial score (nSPS) is 18.9. The molecular formula is C30H34N6O5. The number of fused-ring (bicyclic) bond motifs is 1. The van der Waals surface area contributed by atoms with Gasteiger partial charge >= 0.3 is 0 Å². The average Bonchev–Trinajstić information content (AvgIpc) is 3.42. The molecule has 0 radical (unpaired) electrons. The van der Waals surface area contributed by atoms with Crippen LogP contribution in [-0.4, -0.2) is 64.3 Å². The number of anilines is 1. The summed E-state index contributed by atoms with van der Waals surface area (Å²) in [6.07, 6.45) is 5.43. The third kappa shape index (κ3) is 5.56. The standard InChI is InChI=1S/C30H34N6O5/c1-19(37)25-26(21-11-13-30(14-12-21,29(38)35-40-3)41-16-15-39-2)34-28-23(18-33-36(28)27(25)31)22-9-10-24(32-17-22)20-7-5-4-6-8-20/h4-10,17-18,21H,11-16,31H2,1-3H3,(H,35,38). The fraction of sp³-hybridized carbons (Fsp3) is 0.367. The Hall–Kier alpha value is -4.19. The summed E-state index contributed by atoms with van der Waals surface area (Å²) in [5, 5.41) is 4.46. The fourth-order valence-corrected chi connectivity index (χ4v) is 5.53. The van der Waals surface area contributed by atoms with Crippen LogP contribution in [-0.2, 0) is 19.1 Å². The Morgan fingerprint density at radius 2 is 1.80 bits per heavy atom. The Kier molecular flexibility index (Phi) is 8.39. The summed E-state index contributed by atoms with van der Waals surface area (Å²) in [6, 6.07) is 13.9. The second kappa shape index (κ2) is 12.1. The van der Waals surface area contributed by atoms with Crippen molar-refractivity contribution < 1.29 is 23.9 Å². The van der Waals surface area contributed by atoms with Crippen LogP contribution in [0.4, 0.5) is 5.82 Å². The van der Waals surface area contributed by atoms with E-state index in [2.05, 4.69) is 15.6 Å². The van der Waals surface area contributed by atoms with Crippen molar-refractivity contribution in [1.82, 2.24) is 25.1 Å². The Morgan fingerprint density at radius 1 is 1.05 bits per heavy atom. The maximum Gasteiger partial charge on any atom is 0.275 e. The number of aromatic nitrogens is 4. The quantitative estimate of drug-likeness (QED) is 0.168. The molecule has 3 N–H and O–H groups in total. The number of benzene rings is 1. The number of nitrogen functional groups attached to an aromatic ring is 1. The van der Waals surface area contributed by atoms with E-state index in [9.17, 15) is 9.59 Å². The first-order chi connectivity index (χ1) is 19.9. The number of nitrogens with two attached hydrogens (primary N) is 1. The number of rotatable bonds is 10. The summed E-state index contributed by atoms with van der Waals surface area (Å²) in [6.45, 7) is 2.11. The first kappa shape index (κ1) is 28.3. The highest BCUT2D eigenvalue weighted by Crippen LogP contribution is 2.42. The highest BCUT2D eigenvalue weighted by molar-refractivity contribution is 6.00. The van der Waals surface area contributed by atoms with Gasteiger partial charge in [0.25, 0.3) is 5.91 Å².